The number of ether oxygens (including phenoxy) is 1. The summed E-state index contributed by atoms with van der Waals surface area (Å²) in [6, 6.07) is -2.44. The highest BCUT2D eigenvalue weighted by atomic mass is 32.2. The first-order valence-corrected chi connectivity index (χ1v) is 9.28. The maximum absolute atomic E-state index is 12.1. The second kappa shape index (κ2) is 13.5. The second-order valence-electron chi connectivity index (χ2n) is 5.37. The van der Waals surface area contributed by atoms with Crippen LogP contribution in [0.2, 0.25) is 0 Å². The van der Waals surface area contributed by atoms with Crippen LogP contribution in [0.3, 0.4) is 0 Å². The molecular weight excluding hydrogens is 398 g/mol. The van der Waals surface area contributed by atoms with Crippen LogP contribution in [0.4, 0.5) is 0 Å². The number of esters is 1. The average Bonchev–Trinajstić information content (AvgIpc) is 2.62. The highest BCUT2D eigenvalue weighted by molar-refractivity contribution is 8.00. The van der Waals surface area contributed by atoms with Gasteiger partial charge in [0.25, 0.3) is 0 Å². The van der Waals surface area contributed by atoms with E-state index in [-0.39, 0.29) is 31.0 Å². The molecule has 2 atom stereocenters. The molecule has 0 rings (SSSR count). The Bertz CT molecular complexity index is 612. The molecule has 12 nitrogen and oxygen atoms in total. The van der Waals surface area contributed by atoms with Crippen LogP contribution in [0.5, 0.6) is 0 Å². The van der Waals surface area contributed by atoms with Gasteiger partial charge in [-0.15, -0.1) is 0 Å². The number of aliphatic carboxylic acids is 2. The smallest absolute Gasteiger partial charge is 0.375 e. The van der Waals surface area contributed by atoms with Gasteiger partial charge in [-0.3, -0.25) is 24.0 Å². The zero-order valence-corrected chi connectivity index (χ0v) is 16.0. The normalized spacial score (nSPS) is 12.4. The molecule has 0 radical (unpaired) electrons. The zero-order valence-electron chi connectivity index (χ0n) is 15.1. The van der Waals surface area contributed by atoms with Crippen LogP contribution in [0, 0.1) is 0 Å². The van der Waals surface area contributed by atoms with Crippen LogP contribution in [0.1, 0.15) is 19.8 Å². The van der Waals surface area contributed by atoms with Crippen LogP contribution in [-0.4, -0.2) is 82.5 Å². The van der Waals surface area contributed by atoms with Gasteiger partial charge in [-0.1, -0.05) is 0 Å². The number of ketones is 1. The number of rotatable bonds is 14. The molecule has 0 aromatic carbocycles. The van der Waals surface area contributed by atoms with Gasteiger partial charge in [0.15, 0.2) is 0 Å². The number of carboxylic acid groups (broad SMARTS) is 2. The SMILES string of the molecule is CCOC(=O)C(=O)CSCC(NC(=O)C(N)CCC(=O)O)C(=O)NCC(=O)O. The van der Waals surface area contributed by atoms with Crippen LogP contribution in [0.15, 0.2) is 0 Å². The van der Waals surface area contributed by atoms with Crippen LogP contribution < -0.4 is 16.4 Å². The molecule has 0 aliphatic carbocycles. The van der Waals surface area contributed by atoms with E-state index in [0.29, 0.717) is 0 Å². The monoisotopic (exact) mass is 421 g/mol. The lowest BCUT2D eigenvalue weighted by Crippen LogP contribution is -2.53. The number of thioether (sulfide) groups is 1. The van der Waals surface area contributed by atoms with Crippen LogP contribution >= 0.6 is 11.8 Å². The molecule has 0 bridgehead atoms. The maximum Gasteiger partial charge on any atom is 0.375 e. The summed E-state index contributed by atoms with van der Waals surface area (Å²) < 4.78 is 4.54. The van der Waals surface area contributed by atoms with E-state index < -0.39 is 54.1 Å². The van der Waals surface area contributed by atoms with Crippen molar-refractivity contribution in [1.29, 1.82) is 0 Å². The van der Waals surface area contributed by atoms with Gasteiger partial charge < -0.3 is 31.3 Å². The Morgan fingerprint density at radius 3 is 2.25 bits per heavy atom. The van der Waals surface area contributed by atoms with Gasteiger partial charge in [-0.25, -0.2) is 4.79 Å². The first kappa shape index (κ1) is 25.3. The molecule has 0 aromatic rings. The lowest BCUT2D eigenvalue weighted by molar-refractivity contribution is -0.152. The molecular formula is C15H23N3O9S. The van der Waals surface area contributed by atoms with Crippen molar-refractivity contribution in [2.45, 2.75) is 31.8 Å². The number of nitrogens with one attached hydrogen (secondary N) is 2. The summed E-state index contributed by atoms with van der Waals surface area (Å²) in [4.78, 5) is 68.0. The molecule has 13 heteroatoms. The van der Waals surface area contributed by atoms with Crippen molar-refractivity contribution < 1.29 is 43.7 Å². The third-order valence-corrected chi connectivity index (χ3v) is 4.11. The van der Waals surface area contributed by atoms with Crippen LogP contribution in [-0.2, 0) is 33.5 Å². The number of hydrogen-bond acceptors (Lipinski definition) is 9. The fourth-order valence-corrected chi connectivity index (χ4v) is 2.59. The molecule has 0 spiro atoms. The minimum Gasteiger partial charge on any atom is -0.481 e. The number of carbonyl (C=O) groups is 6. The summed E-state index contributed by atoms with van der Waals surface area (Å²) in [6.45, 7) is 0.868. The van der Waals surface area contributed by atoms with Gasteiger partial charge in [0.1, 0.15) is 12.6 Å². The van der Waals surface area contributed by atoms with Crippen molar-refractivity contribution in [3.63, 3.8) is 0 Å². The molecule has 28 heavy (non-hydrogen) atoms. The Kier molecular flexibility index (Phi) is 12.2. The van der Waals surface area contributed by atoms with Crippen molar-refractivity contribution in [3.05, 3.63) is 0 Å². The van der Waals surface area contributed by atoms with Gasteiger partial charge in [0.2, 0.25) is 17.6 Å². The summed E-state index contributed by atoms with van der Waals surface area (Å²) in [5, 5.41) is 21.6. The van der Waals surface area contributed by atoms with E-state index in [1.807, 2.05) is 0 Å². The number of amides is 2. The first-order valence-electron chi connectivity index (χ1n) is 8.13. The predicted molar refractivity (Wildman–Crippen MR) is 96.4 cm³/mol. The maximum atomic E-state index is 12.1. The average molecular weight is 421 g/mol. The van der Waals surface area contributed by atoms with Gasteiger partial charge in [-0.05, 0) is 13.3 Å². The van der Waals surface area contributed by atoms with E-state index in [1.54, 1.807) is 0 Å². The molecule has 2 amide bonds. The Hall–Kier alpha value is -2.67. The molecule has 2 unspecified atom stereocenters. The number of hydrogen-bond donors (Lipinski definition) is 5. The van der Waals surface area contributed by atoms with Crippen molar-refractivity contribution in [2.75, 3.05) is 24.7 Å². The van der Waals surface area contributed by atoms with Crippen molar-refractivity contribution in [3.8, 4) is 0 Å². The number of Topliss-reactive ketones (excluding diaryl/α,β-unsaturated/α-hetero) is 1. The summed E-state index contributed by atoms with van der Waals surface area (Å²) >= 11 is 0.850. The van der Waals surface area contributed by atoms with E-state index in [0.717, 1.165) is 11.8 Å². The molecule has 158 valence electrons. The quantitative estimate of drug-likeness (QED) is 0.149. The molecule has 0 saturated heterocycles. The Morgan fingerprint density at radius 1 is 1.07 bits per heavy atom. The third-order valence-electron chi connectivity index (χ3n) is 3.07. The fraction of sp³-hybridized carbons (Fsp3) is 0.600. The van der Waals surface area contributed by atoms with Gasteiger partial charge in [0, 0.05) is 12.2 Å². The summed E-state index contributed by atoms with van der Waals surface area (Å²) in [5.41, 5.74) is 5.56. The Morgan fingerprint density at radius 2 is 1.71 bits per heavy atom. The highest BCUT2D eigenvalue weighted by Crippen LogP contribution is 2.06. The molecule has 6 N–H and O–H groups in total. The predicted octanol–water partition coefficient (Wildman–Crippen LogP) is -2.27. The summed E-state index contributed by atoms with van der Waals surface area (Å²) in [7, 11) is 0. The lowest BCUT2D eigenvalue weighted by Gasteiger charge is -2.20. The molecule has 0 heterocycles. The van der Waals surface area contributed by atoms with Gasteiger partial charge >= 0.3 is 17.9 Å². The Balaban J connectivity index is 4.81. The molecule has 0 fully saturated rings. The van der Waals surface area contributed by atoms with E-state index in [4.69, 9.17) is 15.9 Å². The van der Waals surface area contributed by atoms with Crippen molar-refractivity contribution in [1.82, 2.24) is 10.6 Å². The second-order valence-corrected chi connectivity index (χ2v) is 6.40. The third kappa shape index (κ3) is 11.1. The molecule has 0 saturated carbocycles. The highest BCUT2D eigenvalue weighted by Gasteiger charge is 2.25. The Labute approximate surface area is 164 Å². The first-order chi connectivity index (χ1) is 13.1. The minimum absolute atomic E-state index is 0.0275. The number of carboxylic acids is 2. The van der Waals surface area contributed by atoms with E-state index >= 15 is 0 Å². The number of carbonyl (C=O) groups excluding carboxylic acids is 4. The van der Waals surface area contributed by atoms with Gasteiger partial charge in [-0.2, -0.15) is 11.8 Å². The van der Waals surface area contributed by atoms with Gasteiger partial charge in [0.05, 0.1) is 18.4 Å². The largest absolute Gasteiger partial charge is 0.481 e. The zero-order chi connectivity index (χ0) is 21.7. The molecule has 0 aromatic heterocycles. The molecule has 0 aliphatic rings. The lowest BCUT2D eigenvalue weighted by atomic mass is 10.1. The fourth-order valence-electron chi connectivity index (χ4n) is 1.70. The van der Waals surface area contributed by atoms with Crippen LogP contribution in [0.25, 0.3) is 0 Å². The van der Waals surface area contributed by atoms with E-state index in [9.17, 15) is 28.8 Å². The number of nitrogens with two attached hydrogens (primary N) is 1. The van der Waals surface area contributed by atoms with E-state index in [1.165, 1.54) is 6.92 Å². The topological polar surface area (TPSA) is 202 Å². The molecule has 0 aliphatic heterocycles. The minimum atomic E-state index is -1.30. The van der Waals surface area contributed by atoms with E-state index in [2.05, 4.69) is 15.4 Å². The van der Waals surface area contributed by atoms with Crippen molar-refractivity contribution in [2.24, 2.45) is 5.73 Å². The summed E-state index contributed by atoms with van der Waals surface area (Å²) in [6.07, 6.45) is -0.521. The van der Waals surface area contributed by atoms with Crippen molar-refractivity contribution >= 4 is 47.3 Å². The standard InChI is InChI=1S/C15H23N3O9S/c1-2-27-15(26)10(19)7-28-6-9(14(25)17-5-12(22)23)18-13(24)8(16)3-4-11(20)21/h8-9H,2-7,16H2,1H3,(H,17,25)(H,18,24)(H,20,21)(H,22,23). The summed E-state index contributed by atoms with van der Waals surface area (Å²) in [5.74, 6) is -6.43.